The van der Waals surface area contributed by atoms with Gasteiger partial charge in [-0.1, -0.05) is 18.2 Å². The highest BCUT2D eigenvalue weighted by atomic mass is 15.3. The van der Waals surface area contributed by atoms with Crippen LogP contribution < -0.4 is 9.80 Å². The quantitative estimate of drug-likeness (QED) is 0.801. The van der Waals surface area contributed by atoms with Gasteiger partial charge in [-0.2, -0.15) is 0 Å². The van der Waals surface area contributed by atoms with E-state index in [1.54, 1.807) is 12.5 Å². The molecule has 4 heteroatoms. The van der Waals surface area contributed by atoms with E-state index in [9.17, 15) is 0 Å². The van der Waals surface area contributed by atoms with Crippen LogP contribution in [0.3, 0.4) is 0 Å². The minimum Gasteiger partial charge on any atom is -0.368 e. The second-order valence-corrected chi connectivity index (χ2v) is 4.38. The van der Waals surface area contributed by atoms with E-state index in [-0.39, 0.29) is 0 Å². The minimum absolute atomic E-state index is 1.01. The van der Waals surface area contributed by atoms with E-state index >= 15 is 0 Å². The maximum Gasteiger partial charge on any atom is 0.132 e. The van der Waals surface area contributed by atoms with Crippen LogP contribution in [0.2, 0.25) is 0 Å². The van der Waals surface area contributed by atoms with Gasteiger partial charge in [-0.15, -0.1) is 0 Å². The fourth-order valence-electron chi connectivity index (χ4n) is 2.30. The third-order valence-corrected chi connectivity index (χ3v) is 3.29. The van der Waals surface area contributed by atoms with Crippen molar-refractivity contribution in [3.8, 4) is 0 Å². The largest absolute Gasteiger partial charge is 0.368 e. The zero-order valence-electron chi connectivity index (χ0n) is 10.2. The Labute approximate surface area is 107 Å². The Morgan fingerprint density at radius 3 is 2.22 bits per heavy atom. The summed E-state index contributed by atoms with van der Waals surface area (Å²) in [6.45, 7) is 4.08. The Bertz CT molecular complexity index is 430. The lowest BCUT2D eigenvalue weighted by molar-refractivity contribution is 0.647. The Hall–Kier alpha value is -2.10. The molecule has 0 aliphatic carbocycles. The Morgan fingerprint density at radius 2 is 1.56 bits per heavy atom. The third kappa shape index (κ3) is 2.27. The first-order chi connectivity index (χ1) is 8.93. The lowest BCUT2D eigenvalue weighted by atomic mass is 10.2. The maximum absolute atomic E-state index is 4.30. The molecule has 1 aliphatic rings. The molecule has 1 aromatic heterocycles. The first-order valence-corrected chi connectivity index (χ1v) is 6.24. The van der Waals surface area contributed by atoms with E-state index in [0.717, 1.165) is 32.0 Å². The molecule has 18 heavy (non-hydrogen) atoms. The highest BCUT2D eigenvalue weighted by molar-refractivity contribution is 5.48. The van der Waals surface area contributed by atoms with Crippen LogP contribution >= 0.6 is 0 Å². The molecule has 0 saturated carbocycles. The number of nitrogens with zero attached hydrogens (tertiary/aromatic N) is 4. The normalized spacial score (nSPS) is 15.8. The highest BCUT2D eigenvalue weighted by Crippen LogP contribution is 2.18. The van der Waals surface area contributed by atoms with Gasteiger partial charge >= 0.3 is 0 Å². The third-order valence-electron chi connectivity index (χ3n) is 3.29. The SMILES string of the molecule is c1ccc(N2CCN(c3ccncn3)CC2)cc1. The molecule has 2 heterocycles. The van der Waals surface area contributed by atoms with Crippen LogP contribution in [0.25, 0.3) is 0 Å². The molecule has 92 valence electrons. The van der Waals surface area contributed by atoms with Gasteiger partial charge in [0.1, 0.15) is 12.1 Å². The van der Waals surface area contributed by atoms with Gasteiger partial charge < -0.3 is 9.80 Å². The summed E-state index contributed by atoms with van der Waals surface area (Å²) in [6, 6.07) is 12.5. The topological polar surface area (TPSA) is 32.3 Å². The van der Waals surface area contributed by atoms with Crippen molar-refractivity contribution in [3.63, 3.8) is 0 Å². The Morgan fingerprint density at radius 1 is 0.833 bits per heavy atom. The van der Waals surface area contributed by atoms with Crippen molar-refractivity contribution < 1.29 is 0 Å². The molecule has 0 spiro atoms. The smallest absolute Gasteiger partial charge is 0.132 e. The lowest BCUT2D eigenvalue weighted by Gasteiger charge is -2.36. The van der Waals surface area contributed by atoms with E-state index in [1.165, 1.54) is 5.69 Å². The van der Waals surface area contributed by atoms with Crippen LogP contribution in [0.1, 0.15) is 0 Å². The van der Waals surface area contributed by atoms with Crippen molar-refractivity contribution in [3.05, 3.63) is 48.9 Å². The average Bonchev–Trinajstić information content (AvgIpc) is 2.49. The summed E-state index contributed by atoms with van der Waals surface area (Å²) < 4.78 is 0. The number of para-hydroxylation sites is 1. The number of hydrogen-bond acceptors (Lipinski definition) is 4. The summed E-state index contributed by atoms with van der Waals surface area (Å²) in [5, 5.41) is 0. The molecule has 0 unspecified atom stereocenters. The number of anilines is 2. The van der Waals surface area contributed by atoms with Crippen molar-refractivity contribution in [1.82, 2.24) is 9.97 Å². The van der Waals surface area contributed by atoms with Crippen LogP contribution in [0, 0.1) is 0 Å². The molecular weight excluding hydrogens is 224 g/mol. The summed E-state index contributed by atoms with van der Waals surface area (Å²) in [5.74, 6) is 1.03. The molecule has 1 saturated heterocycles. The lowest BCUT2D eigenvalue weighted by Crippen LogP contribution is -2.46. The molecule has 0 N–H and O–H groups in total. The number of aromatic nitrogens is 2. The zero-order valence-corrected chi connectivity index (χ0v) is 10.2. The number of hydrogen-bond donors (Lipinski definition) is 0. The van der Waals surface area contributed by atoms with Gasteiger partial charge in [-0.3, -0.25) is 0 Å². The van der Waals surface area contributed by atoms with Crippen LogP contribution in [-0.2, 0) is 0 Å². The molecule has 1 aliphatic heterocycles. The Balaban J connectivity index is 1.65. The van der Waals surface area contributed by atoms with Crippen LogP contribution in [0.5, 0.6) is 0 Å². The van der Waals surface area contributed by atoms with E-state index in [2.05, 4.69) is 50.1 Å². The summed E-state index contributed by atoms with van der Waals surface area (Å²) in [5.41, 5.74) is 1.31. The molecule has 0 bridgehead atoms. The number of rotatable bonds is 2. The second-order valence-electron chi connectivity index (χ2n) is 4.38. The first kappa shape index (κ1) is 11.0. The van der Waals surface area contributed by atoms with E-state index in [1.807, 2.05) is 6.07 Å². The van der Waals surface area contributed by atoms with Crippen LogP contribution in [0.15, 0.2) is 48.9 Å². The molecule has 3 rings (SSSR count). The van der Waals surface area contributed by atoms with Crippen LogP contribution in [0.4, 0.5) is 11.5 Å². The Kier molecular flexibility index (Phi) is 3.08. The fraction of sp³-hybridized carbons (Fsp3) is 0.286. The second kappa shape index (κ2) is 5.04. The molecule has 0 atom stereocenters. The van der Waals surface area contributed by atoms with Gasteiger partial charge in [-0.25, -0.2) is 9.97 Å². The van der Waals surface area contributed by atoms with E-state index in [0.29, 0.717) is 0 Å². The highest BCUT2D eigenvalue weighted by Gasteiger charge is 2.17. The van der Waals surface area contributed by atoms with E-state index < -0.39 is 0 Å². The van der Waals surface area contributed by atoms with Crippen LogP contribution in [-0.4, -0.2) is 36.1 Å². The monoisotopic (exact) mass is 240 g/mol. The molecule has 1 aromatic carbocycles. The number of benzene rings is 1. The van der Waals surface area contributed by atoms with Crippen molar-refractivity contribution >= 4 is 11.5 Å². The molecule has 0 amide bonds. The van der Waals surface area contributed by atoms with Crippen molar-refractivity contribution in [1.29, 1.82) is 0 Å². The molecule has 4 nitrogen and oxygen atoms in total. The van der Waals surface area contributed by atoms with E-state index in [4.69, 9.17) is 0 Å². The van der Waals surface area contributed by atoms with Gasteiger partial charge in [-0.05, 0) is 18.2 Å². The fourth-order valence-corrected chi connectivity index (χ4v) is 2.30. The summed E-state index contributed by atoms with van der Waals surface area (Å²) >= 11 is 0. The number of piperazine rings is 1. The summed E-state index contributed by atoms with van der Waals surface area (Å²) in [4.78, 5) is 13.0. The van der Waals surface area contributed by atoms with Gasteiger partial charge in [0.15, 0.2) is 0 Å². The predicted octanol–water partition coefficient (Wildman–Crippen LogP) is 1.80. The minimum atomic E-state index is 1.01. The van der Waals surface area contributed by atoms with Gasteiger partial charge in [0, 0.05) is 38.1 Å². The summed E-state index contributed by atoms with van der Waals surface area (Å²) in [6.07, 6.45) is 3.41. The van der Waals surface area contributed by atoms with Gasteiger partial charge in [0.05, 0.1) is 0 Å². The standard InChI is InChI=1S/C14H16N4/c1-2-4-13(5-3-1)17-8-10-18(11-9-17)14-6-7-15-12-16-14/h1-7,12H,8-11H2. The first-order valence-electron chi connectivity index (χ1n) is 6.24. The maximum atomic E-state index is 4.30. The molecular formula is C14H16N4. The van der Waals surface area contributed by atoms with Crippen molar-refractivity contribution in [2.24, 2.45) is 0 Å². The summed E-state index contributed by atoms with van der Waals surface area (Å²) in [7, 11) is 0. The molecule has 2 aromatic rings. The van der Waals surface area contributed by atoms with Crippen molar-refractivity contribution in [2.45, 2.75) is 0 Å². The predicted molar refractivity (Wildman–Crippen MR) is 72.9 cm³/mol. The van der Waals surface area contributed by atoms with Gasteiger partial charge in [0.25, 0.3) is 0 Å². The molecule has 1 fully saturated rings. The molecule has 0 radical (unpaired) electrons. The average molecular weight is 240 g/mol. The van der Waals surface area contributed by atoms with Crippen molar-refractivity contribution in [2.75, 3.05) is 36.0 Å². The van der Waals surface area contributed by atoms with Gasteiger partial charge in [0.2, 0.25) is 0 Å². The zero-order chi connectivity index (χ0) is 12.2.